The first-order chi connectivity index (χ1) is 8.58. The highest BCUT2D eigenvalue weighted by molar-refractivity contribution is 6.28. The molecule has 0 saturated heterocycles. The Labute approximate surface area is 112 Å². The second kappa shape index (κ2) is 5.83. The maximum atomic E-state index is 13.9. The smallest absolute Gasteiger partial charge is 0.224 e. The molecule has 3 nitrogen and oxygen atoms in total. The van der Waals surface area contributed by atoms with Crippen LogP contribution >= 0.6 is 11.6 Å². The molecule has 100 valence electrons. The predicted molar refractivity (Wildman–Crippen MR) is 71.4 cm³/mol. The van der Waals surface area contributed by atoms with Crippen molar-refractivity contribution in [2.45, 2.75) is 45.6 Å². The number of aromatic nitrogens is 2. The Morgan fingerprint density at radius 2 is 2.11 bits per heavy atom. The summed E-state index contributed by atoms with van der Waals surface area (Å²) < 4.78 is 13.9. The van der Waals surface area contributed by atoms with Crippen LogP contribution in [0.1, 0.15) is 39.5 Å². The van der Waals surface area contributed by atoms with Crippen molar-refractivity contribution in [1.29, 1.82) is 0 Å². The SMILES string of the molecule is CC(C)CN(c1nc(Cl)ncc1F)C1CCCC1. The van der Waals surface area contributed by atoms with Crippen molar-refractivity contribution < 1.29 is 4.39 Å². The summed E-state index contributed by atoms with van der Waals surface area (Å²) in [5, 5.41) is 0.109. The third-order valence-corrected chi connectivity index (χ3v) is 3.48. The number of anilines is 1. The Hall–Kier alpha value is -0.900. The molecule has 1 saturated carbocycles. The summed E-state index contributed by atoms with van der Waals surface area (Å²) in [6, 6.07) is 0.382. The van der Waals surface area contributed by atoms with Crippen LogP contribution in [0.25, 0.3) is 0 Å². The molecule has 0 radical (unpaired) electrons. The lowest BCUT2D eigenvalue weighted by atomic mass is 10.1. The van der Waals surface area contributed by atoms with Gasteiger partial charge in [0.25, 0.3) is 0 Å². The van der Waals surface area contributed by atoms with Crippen molar-refractivity contribution in [1.82, 2.24) is 9.97 Å². The van der Waals surface area contributed by atoms with Gasteiger partial charge in [0.2, 0.25) is 5.28 Å². The Morgan fingerprint density at radius 3 is 2.72 bits per heavy atom. The molecule has 5 heteroatoms. The van der Waals surface area contributed by atoms with Gasteiger partial charge in [-0.15, -0.1) is 0 Å². The number of hydrogen-bond acceptors (Lipinski definition) is 3. The zero-order valence-corrected chi connectivity index (χ0v) is 11.6. The Kier molecular flexibility index (Phi) is 4.38. The lowest BCUT2D eigenvalue weighted by Crippen LogP contribution is -2.37. The topological polar surface area (TPSA) is 29.0 Å². The van der Waals surface area contributed by atoms with Crippen LogP contribution in [0.3, 0.4) is 0 Å². The average molecular weight is 272 g/mol. The van der Waals surface area contributed by atoms with Crippen LogP contribution in [0.15, 0.2) is 6.20 Å². The van der Waals surface area contributed by atoms with Crippen LogP contribution in [0, 0.1) is 11.7 Å². The van der Waals surface area contributed by atoms with Crippen molar-refractivity contribution in [2.75, 3.05) is 11.4 Å². The standard InChI is InChI=1S/C13H19ClFN3/c1-9(2)8-18(10-5-3-4-6-10)12-11(15)7-16-13(14)17-12/h7,9-10H,3-6,8H2,1-2H3. The van der Waals surface area contributed by atoms with Gasteiger partial charge in [-0.3, -0.25) is 0 Å². The fourth-order valence-electron chi connectivity index (χ4n) is 2.56. The summed E-state index contributed by atoms with van der Waals surface area (Å²) in [6.45, 7) is 5.06. The van der Waals surface area contributed by atoms with Crippen molar-refractivity contribution >= 4 is 17.4 Å². The minimum atomic E-state index is -0.382. The van der Waals surface area contributed by atoms with E-state index in [1.54, 1.807) is 0 Å². The van der Waals surface area contributed by atoms with E-state index < -0.39 is 0 Å². The van der Waals surface area contributed by atoms with Crippen LogP contribution in [0.2, 0.25) is 5.28 Å². The Balaban J connectivity index is 2.29. The van der Waals surface area contributed by atoms with Gasteiger partial charge in [0.05, 0.1) is 6.20 Å². The molecule has 18 heavy (non-hydrogen) atoms. The number of hydrogen-bond donors (Lipinski definition) is 0. The molecule has 0 aromatic carbocycles. The minimum absolute atomic E-state index is 0.109. The normalized spacial score (nSPS) is 16.5. The second-order valence-electron chi connectivity index (χ2n) is 5.30. The minimum Gasteiger partial charge on any atom is -0.351 e. The van der Waals surface area contributed by atoms with Gasteiger partial charge in [0.15, 0.2) is 11.6 Å². The van der Waals surface area contributed by atoms with Gasteiger partial charge >= 0.3 is 0 Å². The maximum Gasteiger partial charge on any atom is 0.224 e. The Bertz CT molecular complexity index is 405. The predicted octanol–water partition coefficient (Wildman–Crippen LogP) is 3.67. The molecular formula is C13H19ClFN3. The number of rotatable bonds is 4. The largest absolute Gasteiger partial charge is 0.351 e. The van der Waals surface area contributed by atoms with E-state index in [-0.39, 0.29) is 11.1 Å². The van der Waals surface area contributed by atoms with Gasteiger partial charge in [-0.05, 0) is 30.4 Å². The number of nitrogens with zero attached hydrogens (tertiary/aromatic N) is 3. The molecule has 0 aliphatic heterocycles. The molecule has 0 amide bonds. The highest BCUT2D eigenvalue weighted by Gasteiger charge is 2.26. The van der Waals surface area contributed by atoms with Crippen LogP contribution in [0.4, 0.5) is 10.2 Å². The summed E-state index contributed by atoms with van der Waals surface area (Å²) >= 11 is 5.79. The lowest BCUT2D eigenvalue weighted by Gasteiger charge is -2.31. The highest BCUT2D eigenvalue weighted by Crippen LogP contribution is 2.29. The molecular weight excluding hydrogens is 253 g/mol. The van der Waals surface area contributed by atoms with Gasteiger partial charge in [-0.25, -0.2) is 9.37 Å². The van der Waals surface area contributed by atoms with E-state index in [1.807, 2.05) is 0 Å². The summed E-state index contributed by atoms with van der Waals surface area (Å²) in [4.78, 5) is 9.83. The molecule has 0 N–H and O–H groups in total. The van der Waals surface area contributed by atoms with E-state index in [9.17, 15) is 4.39 Å². The van der Waals surface area contributed by atoms with E-state index in [0.717, 1.165) is 25.6 Å². The molecule has 1 aliphatic rings. The van der Waals surface area contributed by atoms with Gasteiger partial charge < -0.3 is 4.90 Å². The van der Waals surface area contributed by atoms with Gasteiger partial charge in [-0.1, -0.05) is 26.7 Å². The first-order valence-electron chi connectivity index (χ1n) is 6.52. The second-order valence-corrected chi connectivity index (χ2v) is 5.63. The Morgan fingerprint density at radius 1 is 1.44 bits per heavy atom. The first-order valence-corrected chi connectivity index (χ1v) is 6.90. The zero-order chi connectivity index (χ0) is 13.1. The van der Waals surface area contributed by atoms with Crippen molar-refractivity contribution in [3.8, 4) is 0 Å². The summed E-state index contributed by atoms with van der Waals surface area (Å²) in [5.74, 6) is 0.432. The van der Waals surface area contributed by atoms with Gasteiger partial charge in [-0.2, -0.15) is 4.98 Å². The third kappa shape index (κ3) is 3.10. The fraction of sp³-hybridized carbons (Fsp3) is 0.692. The quantitative estimate of drug-likeness (QED) is 0.783. The van der Waals surface area contributed by atoms with E-state index in [2.05, 4.69) is 28.7 Å². The van der Waals surface area contributed by atoms with E-state index in [1.165, 1.54) is 12.8 Å². The molecule has 0 unspecified atom stereocenters. The summed E-state index contributed by atoms with van der Waals surface area (Å²) in [7, 11) is 0. The van der Waals surface area contributed by atoms with Crippen molar-refractivity contribution in [3.63, 3.8) is 0 Å². The highest BCUT2D eigenvalue weighted by atomic mass is 35.5. The van der Waals surface area contributed by atoms with Crippen LogP contribution in [-0.2, 0) is 0 Å². The molecule has 1 aliphatic carbocycles. The molecule has 0 spiro atoms. The fourth-order valence-corrected chi connectivity index (χ4v) is 2.69. The van der Waals surface area contributed by atoms with E-state index in [0.29, 0.717) is 17.8 Å². The van der Waals surface area contributed by atoms with E-state index >= 15 is 0 Å². The van der Waals surface area contributed by atoms with Crippen molar-refractivity contribution in [2.24, 2.45) is 5.92 Å². The van der Waals surface area contributed by atoms with Gasteiger partial charge in [0, 0.05) is 12.6 Å². The summed E-state index contributed by atoms with van der Waals surface area (Å²) in [5.41, 5.74) is 0. The van der Waals surface area contributed by atoms with Crippen LogP contribution < -0.4 is 4.90 Å². The number of halogens is 2. The van der Waals surface area contributed by atoms with Crippen LogP contribution in [0.5, 0.6) is 0 Å². The molecule has 1 fully saturated rings. The lowest BCUT2D eigenvalue weighted by molar-refractivity contribution is 0.512. The molecule has 1 aromatic heterocycles. The monoisotopic (exact) mass is 271 g/mol. The van der Waals surface area contributed by atoms with E-state index in [4.69, 9.17) is 11.6 Å². The molecule has 2 rings (SSSR count). The molecule has 0 atom stereocenters. The van der Waals surface area contributed by atoms with Crippen LogP contribution in [-0.4, -0.2) is 22.6 Å². The summed E-state index contributed by atoms with van der Waals surface area (Å²) in [6.07, 6.45) is 5.79. The maximum absolute atomic E-state index is 13.9. The zero-order valence-electron chi connectivity index (χ0n) is 10.9. The van der Waals surface area contributed by atoms with Gasteiger partial charge in [0.1, 0.15) is 0 Å². The molecule has 1 heterocycles. The average Bonchev–Trinajstić information content (AvgIpc) is 2.82. The molecule has 1 aromatic rings. The van der Waals surface area contributed by atoms with Crippen molar-refractivity contribution in [3.05, 3.63) is 17.3 Å². The third-order valence-electron chi connectivity index (χ3n) is 3.30. The molecule has 0 bridgehead atoms. The first kappa shape index (κ1) is 13.5.